The zero-order valence-electron chi connectivity index (χ0n) is 23.3. The lowest BCUT2D eigenvalue weighted by atomic mass is 9.83. The van der Waals surface area contributed by atoms with E-state index in [9.17, 15) is 29.1 Å². The molecule has 8 nitrogen and oxygen atoms in total. The van der Waals surface area contributed by atoms with Crippen molar-refractivity contribution >= 4 is 63.3 Å². The number of hydrogen-bond donors (Lipinski definition) is 3. The molecule has 216 valence electrons. The van der Waals surface area contributed by atoms with Crippen LogP contribution in [0.25, 0.3) is 10.8 Å². The minimum Gasteiger partial charge on any atom is -0.478 e. The Labute approximate surface area is 256 Å². The van der Waals surface area contributed by atoms with E-state index in [2.05, 4.69) is 10.6 Å². The van der Waals surface area contributed by atoms with Gasteiger partial charge < -0.3 is 15.7 Å². The Kier molecular flexibility index (Phi) is 7.55. The number of ketones is 2. The van der Waals surface area contributed by atoms with E-state index in [0.717, 1.165) is 4.90 Å². The van der Waals surface area contributed by atoms with E-state index in [-0.39, 0.29) is 45.4 Å². The summed E-state index contributed by atoms with van der Waals surface area (Å²) < 4.78 is 0. The molecule has 0 radical (unpaired) electrons. The summed E-state index contributed by atoms with van der Waals surface area (Å²) >= 11 is 1.29. The maximum absolute atomic E-state index is 13.3. The third-order valence-corrected chi connectivity index (χ3v) is 8.50. The largest absolute Gasteiger partial charge is 0.478 e. The van der Waals surface area contributed by atoms with Gasteiger partial charge in [-0.3, -0.25) is 19.2 Å². The third kappa shape index (κ3) is 5.25. The van der Waals surface area contributed by atoms with Crippen LogP contribution in [0.15, 0.2) is 108 Å². The van der Waals surface area contributed by atoms with Gasteiger partial charge in [-0.1, -0.05) is 60.7 Å². The number of carbonyl (C=O) groups excluding carboxylic acids is 4. The van der Waals surface area contributed by atoms with Crippen LogP contribution in [-0.4, -0.2) is 39.7 Å². The molecule has 0 saturated heterocycles. The van der Waals surface area contributed by atoms with Crippen LogP contribution in [0.2, 0.25) is 0 Å². The van der Waals surface area contributed by atoms with Crippen molar-refractivity contribution in [1.82, 2.24) is 0 Å². The molecule has 0 aromatic heterocycles. The molecule has 0 aliphatic heterocycles. The second kappa shape index (κ2) is 11.6. The number of carboxylic acid groups (broad SMARTS) is 1. The highest BCUT2D eigenvalue weighted by Gasteiger charge is 2.32. The summed E-state index contributed by atoms with van der Waals surface area (Å²) in [4.78, 5) is 65.1. The number of hydrogen-bond acceptors (Lipinski definition) is 6. The molecule has 44 heavy (non-hydrogen) atoms. The predicted molar refractivity (Wildman–Crippen MR) is 169 cm³/mol. The third-order valence-electron chi connectivity index (χ3n) is 7.38. The molecular formula is C35H24N2O6S. The van der Waals surface area contributed by atoms with Crippen LogP contribution in [0, 0.1) is 0 Å². The van der Waals surface area contributed by atoms with Gasteiger partial charge in [-0.25, -0.2) is 4.79 Å². The van der Waals surface area contributed by atoms with Gasteiger partial charge in [-0.2, -0.15) is 0 Å². The molecule has 1 unspecified atom stereocenters. The number of benzene rings is 5. The molecular weight excluding hydrogens is 576 g/mol. The highest BCUT2D eigenvalue weighted by molar-refractivity contribution is 8.00. The van der Waals surface area contributed by atoms with Crippen LogP contribution in [0.3, 0.4) is 0 Å². The zero-order chi connectivity index (χ0) is 31.0. The first kappa shape index (κ1) is 28.6. The van der Waals surface area contributed by atoms with Crippen molar-refractivity contribution in [2.75, 3.05) is 10.6 Å². The maximum Gasteiger partial charge on any atom is 0.336 e. The molecule has 0 spiro atoms. The Morgan fingerprint density at radius 1 is 0.682 bits per heavy atom. The van der Waals surface area contributed by atoms with E-state index in [4.69, 9.17) is 0 Å². The van der Waals surface area contributed by atoms with Gasteiger partial charge in [-0.05, 0) is 54.8 Å². The number of thioether (sulfide) groups is 1. The van der Waals surface area contributed by atoms with Crippen LogP contribution < -0.4 is 10.6 Å². The van der Waals surface area contributed by atoms with Crippen LogP contribution >= 0.6 is 11.8 Å². The fraction of sp³-hybridized carbons (Fsp3) is 0.0571. The maximum atomic E-state index is 13.3. The van der Waals surface area contributed by atoms with E-state index in [1.807, 2.05) is 0 Å². The Morgan fingerprint density at radius 2 is 1.30 bits per heavy atom. The molecule has 1 aliphatic rings. The summed E-state index contributed by atoms with van der Waals surface area (Å²) in [5.41, 5.74) is 2.17. The van der Waals surface area contributed by atoms with Gasteiger partial charge in [0.15, 0.2) is 11.6 Å². The summed E-state index contributed by atoms with van der Waals surface area (Å²) in [7, 11) is 0. The second-order valence-electron chi connectivity index (χ2n) is 10.2. The molecule has 0 fully saturated rings. The highest BCUT2D eigenvalue weighted by atomic mass is 32.2. The summed E-state index contributed by atoms with van der Waals surface area (Å²) in [5.74, 6) is -2.48. The SMILES string of the molecule is CC(Sc1ccc(NC(=O)c2cccc3cccc(C(=O)O)c23)cc1)C(=O)Nc1cccc2c1C(=O)c1ccccc1C2=O. The van der Waals surface area contributed by atoms with Crippen LogP contribution in [0.1, 0.15) is 59.5 Å². The summed E-state index contributed by atoms with van der Waals surface area (Å²) in [5, 5.41) is 15.7. The van der Waals surface area contributed by atoms with E-state index < -0.39 is 17.1 Å². The molecule has 0 saturated carbocycles. The number of carbonyl (C=O) groups is 5. The Hall–Kier alpha value is -5.54. The number of nitrogens with one attached hydrogen (secondary N) is 2. The van der Waals surface area contributed by atoms with E-state index >= 15 is 0 Å². The number of aromatic carboxylic acids is 1. The second-order valence-corrected chi connectivity index (χ2v) is 11.6. The Morgan fingerprint density at radius 3 is 1.98 bits per heavy atom. The highest BCUT2D eigenvalue weighted by Crippen LogP contribution is 2.33. The van der Waals surface area contributed by atoms with Gasteiger partial charge in [0.2, 0.25) is 5.91 Å². The van der Waals surface area contributed by atoms with Crippen molar-refractivity contribution in [2.24, 2.45) is 0 Å². The molecule has 0 heterocycles. The standard InChI is InChI=1S/C35H24N2O6S/c1-19(33(40)37-28-14-6-11-25-30(28)32(39)24-10-3-2-9-23(24)31(25)38)44-22-17-15-21(16-18-22)36-34(41)26-12-4-7-20-8-5-13-27(29(20)26)35(42)43/h2-19H,1H3,(H,36,41)(H,37,40)(H,42,43). The lowest BCUT2D eigenvalue weighted by Gasteiger charge is -2.21. The zero-order valence-corrected chi connectivity index (χ0v) is 24.1. The van der Waals surface area contributed by atoms with Crippen molar-refractivity contribution in [3.05, 3.63) is 137 Å². The number of amides is 2. The van der Waals surface area contributed by atoms with E-state index in [1.54, 1.807) is 104 Å². The number of rotatable bonds is 7. The van der Waals surface area contributed by atoms with Crippen molar-refractivity contribution in [1.29, 1.82) is 0 Å². The topological polar surface area (TPSA) is 130 Å². The average Bonchev–Trinajstić information content (AvgIpc) is 3.03. The molecule has 2 amide bonds. The van der Waals surface area contributed by atoms with Gasteiger partial charge in [0, 0.05) is 38.2 Å². The van der Waals surface area contributed by atoms with E-state index in [1.165, 1.54) is 17.8 Å². The van der Waals surface area contributed by atoms with Gasteiger partial charge >= 0.3 is 5.97 Å². The molecule has 3 N–H and O–H groups in total. The van der Waals surface area contributed by atoms with Crippen molar-refractivity contribution < 1.29 is 29.1 Å². The minimum absolute atomic E-state index is 0.0454. The van der Waals surface area contributed by atoms with Crippen LogP contribution in [-0.2, 0) is 4.79 Å². The normalized spacial score (nSPS) is 12.7. The molecule has 9 heteroatoms. The number of fused-ring (bicyclic) bond motifs is 3. The fourth-order valence-corrected chi connectivity index (χ4v) is 6.13. The Bertz CT molecular complexity index is 2010. The molecule has 1 aliphatic carbocycles. The van der Waals surface area contributed by atoms with Gasteiger partial charge in [0.05, 0.1) is 22.1 Å². The van der Waals surface area contributed by atoms with E-state index in [0.29, 0.717) is 27.6 Å². The monoisotopic (exact) mass is 600 g/mol. The van der Waals surface area contributed by atoms with Crippen LogP contribution in [0.5, 0.6) is 0 Å². The number of carboxylic acids is 1. The average molecular weight is 601 g/mol. The summed E-state index contributed by atoms with van der Waals surface area (Å²) in [6.45, 7) is 1.73. The van der Waals surface area contributed by atoms with Crippen molar-refractivity contribution in [2.45, 2.75) is 17.1 Å². The van der Waals surface area contributed by atoms with Crippen molar-refractivity contribution in [3.63, 3.8) is 0 Å². The summed E-state index contributed by atoms with van der Waals surface area (Å²) in [6, 6.07) is 28.3. The fourth-order valence-electron chi connectivity index (χ4n) is 5.26. The smallest absolute Gasteiger partial charge is 0.336 e. The molecule has 5 aromatic rings. The number of anilines is 2. The molecule has 1 atom stereocenters. The molecule has 0 bridgehead atoms. The lowest BCUT2D eigenvalue weighted by molar-refractivity contribution is -0.115. The molecule has 5 aromatic carbocycles. The first-order valence-electron chi connectivity index (χ1n) is 13.7. The Balaban J connectivity index is 1.14. The molecule has 6 rings (SSSR count). The first-order valence-corrected chi connectivity index (χ1v) is 14.6. The quantitative estimate of drug-likeness (QED) is 0.174. The predicted octanol–water partition coefficient (Wildman–Crippen LogP) is 6.69. The minimum atomic E-state index is -1.12. The lowest BCUT2D eigenvalue weighted by Crippen LogP contribution is -2.27. The summed E-state index contributed by atoms with van der Waals surface area (Å²) in [6.07, 6.45) is 0. The first-order chi connectivity index (χ1) is 21.2. The van der Waals surface area contributed by atoms with Crippen LogP contribution in [0.4, 0.5) is 11.4 Å². The van der Waals surface area contributed by atoms with Gasteiger partial charge in [-0.15, -0.1) is 11.8 Å². The van der Waals surface area contributed by atoms with Crippen molar-refractivity contribution in [3.8, 4) is 0 Å². The van der Waals surface area contributed by atoms with Gasteiger partial charge in [0.25, 0.3) is 5.91 Å². The van der Waals surface area contributed by atoms with Gasteiger partial charge in [0.1, 0.15) is 0 Å².